The summed E-state index contributed by atoms with van der Waals surface area (Å²) in [5, 5.41) is 0. The van der Waals surface area contributed by atoms with E-state index < -0.39 is 0 Å². The van der Waals surface area contributed by atoms with Gasteiger partial charge in [0, 0.05) is 18.4 Å². The number of rotatable bonds is 4. The van der Waals surface area contributed by atoms with Crippen LogP contribution in [0.25, 0.3) is 5.69 Å². The van der Waals surface area contributed by atoms with Gasteiger partial charge in [0.25, 0.3) is 0 Å². The van der Waals surface area contributed by atoms with Crippen LogP contribution in [0.1, 0.15) is 31.4 Å². The zero-order valence-electron chi connectivity index (χ0n) is 12.8. The smallest absolute Gasteiger partial charge is 0.142 e. The Morgan fingerprint density at radius 1 is 0.952 bits per heavy atom. The fourth-order valence-corrected chi connectivity index (χ4v) is 3.13. The number of para-hydroxylation sites is 2. The Morgan fingerprint density at radius 2 is 1.71 bits per heavy atom. The van der Waals surface area contributed by atoms with Gasteiger partial charge in [0.2, 0.25) is 0 Å². The second-order valence-electron chi connectivity index (χ2n) is 5.73. The van der Waals surface area contributed by atoms with Crippen LogP contribution in [-0.4, -0.2) is 29.7 Å². The van der Waals surface area contributed by atoms with Crippen LogP contribution in [0.4, 0.5) is 0 Å². The third kappa shape index (κ3) is 3.30. The minimum Gasteiger partial charge on any atom is -0.495 e. The summed E-state index contributed by atoms with van der Waals surface area (Å²) in [4.78, 5) is 2.58. The first-order valence-electron chi connectivity index (χ1n) is 7.90. The summed E-state index contributed by atoms with van der Waals surface area (Å²) in [6.07, 6.45) is 7.55. The van der Waals surface area contributed by atoms with Crippen molar-refractivity contribution in [2.24, 2.45) is 0 Å². The second-order valence-corrected chi connectivity index (χ2v) is 5.73. The number of hydrogen-bond donors (Lipinski definition) is 0. The molecule has 1 fully saturated rings. The highest BCUT2D eigenvalue weighted by Crippen LogP contribution is 2.25. The third-order valence-electron chi connectivity index (χ3n) is 4.26. The first kappa shape index (κ1) is 14.2. The molecule has 1 saturated heterocycles. The molecule has 1 aromatic carbocycles. The highest BCUT2D eigenvalue weighted by Gasteiger charge is 2.13. The molecule has 0 amide bonds. The molecule has 1 aliphatic heterocycles. The SMILES string of the molecule is COc1ccccc1-n1cccc1CN1CCCCCC1. The molecule has 1 aromatic heterocycles. The van der Waals surface area contributed by atoms with Gasteiger partial charge in [0.05, 0.1) is 12.8 Å². The summed E-state index contributed by atoms with van der Waals surface area (Å²) in [6.45, 7) is 3.46. The van der Waals surface area contributed by atoms with Crippen molar-refractivity contribution in [2.75, 3.05) is 20.2 Å². The second kappa shape index (κ2) is 6.81. The summed E-state index contributed by atoms with van der Waals surface area (Å²) < 4.78 is 7.75. The van der Waals surface area contributed by atoms with Crippen LogP contribution in [0, 0.1) is 0 Å². The monoisotopic (exact) mass is 284 g/mol. The van der Waals surface area contributed by atoms with Crippen LogP contribution in [0.5, 0.6) is 5.75 Å². The van der Waals surface area contributed by atoms with Gasteiger partial charge >= 0.3 is 0 Å². The lowest BCUT2D eigenvalue weighted by Crippen LogP contribution is -2.25. The molecule has 0 aliphatic carbocycles. The van der Waals surface area contributed by atoms with E-state index in [4.69, 9.17) is 4.74 Å². The third-order valence-corrected chi connectivity index (χ3v) is 4.26. The standard InChI is InChI=1S/C18H24N2O/c1-21-18-11-5-4-10-17(18)20-14-8-9-16(20)15-19-12-6-2-3-7-13-19/h4-5,8-11,14H,2-3,6-7,12-13,15H2,1H3. The molecule has 0 N–H and O–H groups in total. The molecule has 0 bridgehead atoms. The molecule has 0 unspecified atom stereocenters. The molecule has 3 rings (SSSR count). The lowest BCUT2D eigenvalue weighted by Gasteiger charge is -2.21. The number of aromatic nitrogens is 1. The number of nitrogens with zero attached hydrogens (tertiary/aromatic N) is 2. The summed E-state index contributed by atoms with van der Waals surface area (Å²) in [5.41, 5.74) is 2.45. The van der Waals surface area contributed by atoms with E-state index in [-0.39, 0.29) is 0 Å². The van der Waals surface area contributed by atoms with Crippen molar-refractivity contribution < 1.29 is 4.74 Å². The molecule has 3 nitrogen and oxygen atoms in total. The van der Waals surface area contributed by atoms with Gasteiger partial charge in [-0.15, -0.1) is 0 Å². The quantitative estimate of drug-likeness (QED) is 0.848. The predicted octanol–water partition coefficient (Wildman–Crippen LogP) is 3.86. The Bertz CT molecular complexity index is 568. The van der Waals surface area contributed by atoms with Crippen LogP contribution < -0.4 is 4.74 Å². The van der Waals surface area contributed by atoms with Gasteiger partial charge in [0.15, 0.2) is 0 Å². The van der Waals surface area contributed by atoms with E-state index in [0.717, 1.165) is 18.0 Å². The van der Waals surface area contributed by atoms with Crippen LogP contribution in [0.15, 0.2) is 42.6 Å². The Labute approximate surface area is 127 Å². The molecule has 21 heavy (non-hydrogen) atoms. The fraction of sp³-hybridized carbons (Fsp3) is 0.444. The molecule has 0 radical (unpaired) electrons. The molecular formula is C18H24N2O. The van der Waals surface area contributed by atoms with E-state index in [1.807, 2.05) is 12.1 Å². The number of benzene rings is 1. The lowest BCUT2D eigenvalue weighted by molar-refractivity contribution is 0.272. The van der Waals surface area contributed by atoms with E-state index in [1.54, 1.807) is 7.11 Å². The lowest BCUT2D eigenvalue weighted by atomic mass is 10.2. The summed E-state index contributed by atoms with van der Waals surface area (Å²) in [6, 6.07) is 12.6. The largest absolute Gasteiger partial charge is 0.495 e. The van der Waals surface area contributed by atoms with Gasteiger partial charge in [-0.2, -0.15) is 0 Å². The molecule has 3 heteroatoms. The molecule has 0 saturated carbocycles. The van der Waals surface area contributed by atoms with Crippen LogP contribution in [0.3, 0.4) is 0 Å². The van der Waals surface area contributed by atoms with Crippen molar-refractivity contribution in [3.05, 3.63) is 48.3 Å². The van der Waals surface area contributed by atoms with Crippen LogP contribution in [-0.2, 0) is 6.54 Å². The maximum Gasteiger partial charge on any atom is 0.142 e. The van der Waals surface area contributed by atoms with Crippen molar-refractivity contribution in [2.45, 2.75) is 32.2 Å². The van der Waals surface area contributed by atoms with Crippen molar-refractivity contribution in [1.29, 1.82) is 0 Å². The van der Waals surface area contributed by atoms with Crippen molar-refractivity contribution in [3.8, 4) is 11.4 Å². The van der Waals surface area contributed by atoms with Gasteiger partial charge in [-0.25, -0.2) is 0 Å². The Morgan fingerprint density at radius 3 is 2.48 bits per heavy atom. The number of methoxy groups -OCH3 is 1. The van der Waals surface area contributed by atoms with Gasteiger partial charge in [-0.05, 0) is 50.2 Å². The first-order valence-corrected chi connectivity index (χ1v) is 7.90. The molecule has 0 atom stereocenters. The summed E-state index contributed by atoms with van der Waals surface area (Å²) in [5.74, 6) is 0.922. The average Bonchev–Trinajstić information content (AvgIpc) is 2.82. The molecule has 2 heterocycles. The van der Waals surface area contributed by atoms with Crippen molar-refractivity contribution in [1.82, 2.24) is 9.47 Å². The molecule has 2 aromatic rings. The van der Waals surface area contributed by atoms with E-state index in [2.05, 4.69) is 39.9 Å². The normalized spacial score (nSPS) is 16.6. The van der Waals surface area contributed by atoms with E-state index in [0.29, 0.717) is 0 Å². The van der Waals surface area contributed by atoms with E-state index >= 15 is 0 Å². The van der Waals surface area contributed by atoms with Crippen LogP contribution >= 0.6 is 0 Å². The maximum atomic E-state index is 5.50. The van der Waals surface area contributed by atoms with Crippen LogP contribution in [0.2, 0.25) is 0 Å². The fourth-order valence-electron chi connectivity index (χ4n) is 3.13. The predicted molar refractivity (Wildman–Crippen MR) is 86.1 cm³/mol. The number of likely N-dealkylation sites (tertiary alicyclic amines) is 1. The summed E-state index contributed by atoms with van der Waals surface area (Å²) >= 11 is 0. The highest BCUT2D eigenvalue weighted by atomic mass is 16.5. The Kier molecular flexibility index (Phi) is 4.61. The van der Waals surface area contributed by atoms with Gasteiger partial charge < -0.3 is 9.30 Å². The van der Waals surface area contributed by atoms with Gasteiger partial charge in [-0.1, -0.05) is 25.0 Å². The van der Waals surface area contributed by atoms with Gasteiger partial charge in [0.1, 0.15) is 5.75 Å². The topological polar surface area (TPSA) is 17.4 Å². The van der Waals surface area contributed by atoms with Gasteiger partial charge in [-0.3, -0.25) is 4.90 Å². The molecule has 112 valence electrons. The van der Waals surface area contributed by atoms with Crippen molar-refractivity contribution >= 4 is 0 Å². The molecule has 0 spiro atoms. The molecule has 1 aliphatic rings. The number of hydrogen-bond acceptors (Lipinski definition) is 2. The summed E-state index contributed by atoms with van der Waals surface area (Å²) in [7, 11) is 1.73. The Hall–Kier alpha value is -1.74. The average molecular weight is 284 g/mol. The maximum absolute atomic E-state index is 5.50. The Balaban J connectivity index is 1.83. The van der Waals surface area contributed by atoms with Crippen molar-refractivity contribution in [3.63, 3.8) is 0 Å². The minimum atomic E-state index is 0.922. The highest BCUT2D eigenvalue weighted by molar-refractivity contribution is 5.48. The zero-order chi connectivity index (χ0) is 14.5. The zero-order valence-corrected chi connectivity index (χ0v) is 12.8. The van der Waals surface area contributed by atoms with E-state index in [9.17, 15) is 0 Å². The number of ether oxygens (including phenoxy) is 1. The minimum absolute atomic E-state index is 0.922. The molecular weight excluding hydrogens is 260 g/mol. The first-order chi connectivity index (χ1) is 10.4. The van der Waals surface area contributed by atoms with E-state index in [1.165, 1.54) is 44.5 Å².